The van der Waals surface area contributed by atoms with Crippen LogP contribution in [0.25, 0.3) is 10.2 Å². The molecule has 6 rings (SSSR count). The van der Waals surface area contributed by atoms with Crippen molar-refractivity contribution >= 4 is 44.9 Å². The Morgan fingerprint density at radius 1 is 1.00 bits per heavy atom. The smallest absolute Gasteiger partial charge is 0.263 e. The normalized spacial score (nSPS) is 19.9. The first-order valence-electron chi connectivity index (χ1n) is 15.0. The van der Waals surface area contributed by atoms with E-state index in [2.05, 4.69) is 38.0 Å². The van der Waals surface area contributed by atoms with Crippen LogP contribution in [0.5, 0.6) is 0 Å². The summed E-state index contributed by atoms with van der Waals surface area (Å²) in [5, 5.41) is 3.31. The number of pyridine rings is 1. The number of carbonyl (C=O) groups excluding carboxylic acids is 1. The van der Waals surface area contributed by atoms with Gasteiger partial charge in [-0.25, -0.2) is 15.0 Å². The topological polar surface area (TPSA) is 80.7 Å². The highest BCUT2D eigenvalue weighted by Gasteiger charge is 2.30. The molecule has 3 fully saturated rings. The summed E-state index contributed by atoms with van der Waals surface area (Å²) in [5.74, 6) is 1.69. The number of thiophene rings is 1. The van der Waals surface area contributed by atoms with E-state index in [4.69, 9.17) is 9.97 Å². The number of nitrogens with zero attached hydrogens (tertiary/aromatic N) is 7. The number of piperidine rings is 1. The van der Waals surface area contributed by atoms with Gasteiger partial charge >= 0.3 is 0 Å². The highest BCUT2D eigenvalue weighted by molar-refractivity contribution is 7.21. The van der Waals surface area contributed by atoms with Crippen molar-refractivity contribution in [3.8, 4) is 0 Å². The largest absolute Gasteiger partial charge is 0.368 e. The number of anilines is 3. The molecule has 0 atom stereocenters. The van der Waals surface area contributed by atoms with Gasteiger partial charge in [-0.1, -0.05) is 19.8 Å². The second kappa shape index (κ2) is 12.0. The number of piperazine rings is 1. The zero-order valence-electron chi connectivity index (χ0n) is 24.1. The molecule has 1 saturated carbocycles. The molecule has 2 saturated heterocycles. The molecule has 0 radical (unpaired) electrons. The second-order valence-corrected chi connectivity index (χ2v) is 12.7. The summed E-state index contributed by atoms with van der Waals surface area (Å²) in [4.78, 5) is 37.4. The van der Waals surface area contributed by atoms with Crippen LogP contribution >= 0.6 is 11.3 Å². The van der Waals surface area contributed by atoms with E-state index in [0.29, 0.717) is 11.9 Å². The summed E-state index contributed by atoms with van der Waals surface area (Å²) in [6, 6.07) is 4.90. The Morgan fingerprint density at radius 3 is 2.40 bits per heavy atom. The third kappa shape index (κ3) is 5.66. The first-order valence-corrected chi connectivity index (χ1v) is 15.8. The van der Waals surface area contributed by atoms with Crippen molar-refractivity contribution in [2.24, 2.45) is 0 Å². The third-order valence-corrected chi connectivity index (χ3v) is 10.1. The van der Waals surface area contributed by atoms with Crippen LogP contribution in [0.15, 0.2) is 24.5 Å². The minimum Gasteiger partial charge on any atom is -0.368 e. The van der Waals surface area contributed by atoms with Crippen molar-refractivity contribution in [3.05, 3.63) is 35.0 Å². The zero-order valence-corrected chi connectivity index (χ0v) is 24.9. The molecule has 40 heavy (non-hydrogen) atoms. The SMILES string of the molecule is CCN1CCC(N2CCN(c3ccc(Nc4ncc5sc(C(=O)N(C)C)c(C6CCCC6)c5n4)nc3)CC2)CC1. The van der Waals surface area contributed by atoms with Crippen LogP contribution in [-0.2, 0) is 0 Å². The van der Waals surface area contributed by atoms with Crippen molar-refractivity contribution in [2.75, 3.05) is 70.1 Å². The Labute approximate surface area is 241 Å². The molecule has 1 amide bonds. The summed E-state index contributed by atoms with van der Waals surface area (Å²) in [7, 11) is 3.63. The van der Waals surface area contributed by atoms with Crippen molar-refractivity contribution in [1.82, 2.24) is 29.7 Å². The summed E-state index contributed by atoms with van der Waals surface area (Å²) >= 11 is 1.52. The van der Waals surface area contributed by atoms with Crippen LogP contribution < -0.4 is 10.2 Å². The van der Waals surface area contributed by atoms with E-state index >= 15 is 0 Å². The maximum atomic E-state index is 13.0. The number of hydrogen-bond acceptors (Lipinski definition) is 9. The van der Waals surface area contributed by atoms with Gasteiger partial charge in [-0.2, -0.15) is 0 Å². The Bertz CT molecular complexity index is 1300. The molecule has 1 N–H and O–H groups in total. The maximum absolute atomic E-state index is 13.0. The van der Waals surface area contributed by atoms with E-state index in [-0.39, 0.29) is 5.91 Å². The summed E-state index contributed by atoms with van der Waals surface area (Å²) in [6.45, 7) is 10.2. The first kappa shape index (κ1) is 27.4. The highest BCUT2D eigenvalue weighted by atomic mass is 32.1. The molecule has 3 aromatic rings. The molecule has 9 nitrogen and oxygen atoms in total. The molecular weight excluding hydrogens is 520 g/mol. The van der Waals surface area contributed by atoms with E-state index in [9.17, 15) is 4.79 Å². The van der Waals surface area contributed by atoms with E-state index in [1.54, 1.807) is 4.90 Å². The van der Waals surface area contributed by atoms with Crippen molar-refractivity contribution in [3.63, 3.8) is 0 Å². The number of fused-ring (bicyclic) bond motifs is 1. The fourth-order valence-electron chi connectivity index (χ4n) is 6.63. The fraction of sp³-hybridized carbons (Fsp3) is 0.600. The predicted octanol–water partition coefficient (Wildman–Crippen LogP) is 4.80. The number of amides is 1. The zero-order chi connectivity index (χ0) is 27.6. The third-order valence-electron chi connectivity index (χ3n) is 9.02. The molecule has 3 aromatic heterocycles. The molecule has 2 aliphatic heterocycles. The lowest BCUT2D eigenvalue weighted by atomic mass is 9.96. The lowest BCUT2D eigenvalue weighted by molar-refractivity contribution is 0.0831. The molecule has 0 spiro atoms. The number of aromatic nitrogens is 3. The number of hydrogen-bond donors (Lipinski definition) is 1. The van der Waals surface area contributed by atoms with Gasteiger partial charge in [0.2, 0.25) is 5.95 Å². The van der Waals surface area contributed by atoms with Gasteiger partial charge in [0.25, 0.3) is 5.91 Å². The van der Waals surface area contributed by atoms with Gasteiger partial charge in [0.15, 0.2) is 0 Å². The van der Waals surface area contributed by atoms with Crippen LogP contribution in [0.3, 0.4) is 0 Å². The van der Waals surface area contributed by atoms with Crippen LogP contribution in [-0.4, -0.2) is 102 Å². The molecule has 1 aliphatic carbocycles. The van der Waals surface area contributed by atoms with Gasteiger partial charge in [-0.15, -0.1) is 11.3 Å². The number of likely N-dealkylation sites (tertiary alicyclic amines) is 1. The van der Waals surface area contributed by atoms with Crippen LogP contribution in [0, 0.1) is 0 Å². The van der Waals surface area contributed by atoms with Gasteiger partial charge in [0, 0.05) is 51.9 Å². The molecule has 0 aromatic carbocycles. The summed E-state index contributed by atoms with van der Waals surface area (Å²) in [6.07, 6.45) is 11.0. The van der Waals surface area contributed by atoms with Crippen LogP contribution in [0.4, 0.5) is 17.5 Å². The average molecular weight is 563 g/mol. The van der Waals surface area contributed by atoms with Crippen LogP contribution in [0.2, 0.25) is 0 Å². The van der Waals surface area contributed by atoms with Gasteiger partial charge in [0.1, 0.15) is 5.82 Å². The summed E-state index contributed by atoms with van der Waals surface area (Å²) in [5.41, 5.74) is 3.19. The molecule has 0 unspecified atom stereocenters. The van der Waals surface area contributed by atoms with Gasteiger partial charge in [-0.3, -0.25) is 9.69 Å². The second-order valence-electron chi connectivity index (χ2n) is 11.6. The van der Waals surface area contributed by atoms with Crippen molar-refractivity contribution < 1.29 is 4.79 Å². The van der Waals surface area contributed by atoms with Gasteiger partial charge in [0.05, 0.1) is 33.2 Å². The van der Waals surface area contributed by atoms with E-state index in [1.165, 1.54) is 56.7 Å². The van der Waals surface area contributed by atoms with Gasteiger partial charge in [-0.05, 0) is 63.4 Å². The average Bonchev–Trinajstić information content (AvgIpc) is 3.65. The van der Waals surface area contributed by atoms with Gasteiger partial charge < -0.3 is 20.0 Å². The Balaban J connectivity index is 1.12. The number of rotatable bonds is 7. The van der Waals surface area contributed by atoms with E-state index in [1.807, 2.05) is 32.6 Å². The molecular formula is C30H42N8OS. The fourth-order valence-corrected chi connectivity index (χ4v) is 7.85. The molecule has 214 valence electrons. The van der Waals surface area contributed by atoms with Crippen molar-refractivity contribution in [1.29, 1.82) is 0 Å². The summed E-state index contributed by atoms with van der Waals surface area (Å²) < 4.78 is 0.969. The first-order chi connectivity index (χ1) is 19.5. The number of carbonyl (C=O) groups is 1. The lowest BCUT2D eigenvalue weighted by Crippen LogP contribution is -2.53. The minimum absolute atomic E-state index is 0.0550. The Hall–Kier alpha value is -2.82. The lowest BCUT2D eigenvalue weighted by Gasteiger charge is -2.43. The Kier molecular flexibility index (Phi) is 8.18. The van der Waals surface area contributed by atoms with Crippen molar-refractivity contribution in [2.45, 2.75) is 57.4 Å². The Morgan fingerprint density at radius 2 is 1.75 bits per heavy atom. The molecule has 5 heterocycles. The van der Waals surface area contributed by atoms with E-state index in [0.717, 1.165) is 77.2 Å². The standard InChI is InChI=1S/C30H42N8OS/c1-4-36-13-11-22(12-14-36)37-15-17-38(18-16-37)23-9-10-25(31-19-23)33-30-32-20-24-27(34-30)26(21-7-5-6-8-21)28(40-24)29(39)35(2)3/h9-10,19-22H,4-8,11-18H2,1-3H3,(H,31,32,33,34). The predicted molar refractivity (Wildman–Crippen MR) is 163 cm³/mol. The van der Waals surface area contributed by atoms with Crippen LogP contribution in [0.1, 0.15) is 66.6 Å². The van der Waals surface area contributed by atoms with E-state index < -0.39 is 0 Å². The monoisotopic (exact) mass is 562 g/mol. The number of nitrogens with one attached hydrogen (secondary N) is 1. The quantitative estimate of drug-likeness (QED) is 0.440. The minimum atomic E-state index is 0.0550. The highest BCUT2D eigenvalue weighted by Crippen LogP contribution is 2.43. The molecule has 3 aliphatic rings. The molecule has 0 bridgehead atoms. The maximum Gasteiger partial charge on any atom is 0.263 e. The molecule has 10 heteroatoms.